The lowest BCUT2D eigenvalue weighted by Gasteiger charge is -2.13. The Morgan fingerprint density at radius 2 is 1.85 bits per heavy atom. The monoisotopic (exact) mass is 185 g/mol. The van der Waals surface area contributed by atoms with Crippen molar-refractivity contribution in [3.8, 4) is 0 Å². The van der Waals surface area contributed by atoms with E-state index >= 15 is 0 Å². The zero-order valence-electron chi connectivity index (χ0n) is 8.72. The molecule has 0 heterocycles. The Morgan fingerprint density at radius 3 is 2.23 bits per heavy atom. The third-order valence-corrected chi connectivity index (χ3v) is 1.96. The molecule has 0 aromatic rings. The maximum absolute atomic E-state index is 11.1. The lowest BCUT2D eigenvalue weighted by molar-refractivity contribution is -0.125. The van der Waals surface area contributed by atoms with Crippen molar-refractivity contribution in [2.75, 3.05) is 0 Å². The topological polar surface area (TPSA) is 46.2 Å². The highest BCUT2D eigenvalue weighted by Gasteiger charge is 2.13. The molecule has 1 atom stereocenters. The third-order valence-electron chi connectivity index (χ3n) is 1.96. The van der Waals surface area contributed by atoms with Crippen LogP contribution in [0.4, 0.5) is 0 Å². The SMILES string of the molecule is CCCCCC(NC(C)=O)C(C)=O. The van der Waals surface area contributed by atoms with Crippen molar-refractivity contribution in [1.82, 2.24) is 5.32 Å². The van der Waals surface area contributed by atoms with Crippen LogP contribution in [0.2, 0.25) is 0 Å². The van der Waals surface area contributed by atoms with E-state index in [9.17, 15) is 9.59 Å². The van der Waals surface area contributed by atoms with Gasteiger partial charge >= 0.3 is 0 Å². The average molecular weight is 185 g/mol. The number of rotatable bonds is 6. The van der Waals surface area contributed by atoms with Crippen LogP contribution >= 0.6 is 0 Å². The maximum Gasteiger partial charge on any atom is 0.217 e. The number of carbonyl (C=O) groups is 2. The summed E-state index contributed by atoms with van der Waals surface area (Å²) < 4.78 is 0. The van der Waals surface area contributed by atoms with E-state index < -0.39 is 0 Å². The molecule has 0 aromatic carbocycles. The molecule has 0 rings (SSSR count). The fraction of sp³-hybridized carbons (Fsp3) is 0.800. The van der Waals surface area contributed by atoms with E-state index in [0.717, 1.165) is 25.7 Å². The van der Waals surface area contributed by atoms with Gasteiger partial charge in [-0.2, -0.15) is 0 Å². The van der Waals surface area contributed by atoms with Gasteiger partial charge in [0.2, 0.25) is 5.91 Å². The predicted molar refractivity (Wildman–Crippen MR) is 52.4 cm³/mol. The van der Waals surface area contributed by atoms with Gasteiger partial charge in [-0.3, -0.25) is 9.59 Å². The summed E-state index contributed by atoms with van der Waals surface area (Å²) >= 11 is 0. The van der Waals surface area contributed by atoms with Crippen LogP contribution in [0.3, 0.4) is 0 Å². The van der Waals surface area contributed by atoms with E-state index in [0.29, 0.717) is 0 Å². The minimum Gasteiger partial charge on any atom is -0.347 e. The van der Waals surface area contributed by atoms with Crippen LogP contribution in [0.25, 0.3) is 0 Å². The van der Waals surface area contributed by atoms with Crippen LogP contribution in [0, 0.1) is 0 Å². The summed E-state index contributed by atoms with van der Waals surface area (Å²) in [5.74, 6) is -0.0806. The molecule has 0 spiro atoms. The van der Waals surface area contributed by atoms with Crippen molar-refractivity contribution < 1.29 is 9.59 Å². The van der Waals surface area contributed by atoms with Crippen LogP contribution in [0.5, 0.6) is 0 Å². The maximum atomic E-state index is 11.1. The molecule has 0 aromatic heterocycles. The van der Waals surface area contributed by atoms with E-state index in [4.69, 9.17) is 0 Å². The summed E-state index contributed by atoms with van der Waals surface area (Å²) in [6.07, 6.45) is 4.01. The molecule has 1 N–H and O–H groups in total. The van der Waals surface area contributed by atoms with Gasteiger partial charge in [-0.1, -0.05) is 26.2 Å². The summed E-state index contributed by atoms with van der Waals surface area (Å²) in [7, 11) is 0. The molecule has 0 saturated carbocycles. The zero-order valence-corrected chi connectivity index (χ0v) is 8.72. The quantitative estimate of drug-likeness (QED) is 0.640. The second-order valence-electron chi connectivity index (χ2n) is 3.36. The first kappa shape index (κ1) is 12.1. The fourth-order valence-corrected chi connectivity index (χ4v) is 1.22. The number of nitrogens with one attached hydrogen (secondary N) is 1. The molecule has 1 amide bonds. The minimum atomic E-state index is -0.274. The molecule has 0 aliphatic heterocycles. The normalized spacial score (nSPS) is 12.2. The Balaban J connectivity index is 3.81. The molecule has 76 valence electrons. The molecule has 0 aliphatic carbocycles. The van der Waals surface area contributed by atoms with Crippen LogP contribution in [0.1, 0.15) is 46.5 Å². The molecular formula is C10H19NO2. The highest BCUT2D eigenvalue weighted by Crippen LogP contribution is 2.04. The largest absolute Gasteiger partial charge is 0.347 e. The van der Waals surface area contributed by atoms with Crippen LogP contribution in [0.15, 0.2) is 0 Å². The molecule has 0 saturated heterocycles. The van der Waals surface area contributed by atoms with Gasteiger partial charge in [-0.15, -0.1) is 0 Å². The van der Waals surface area contributed by atoms with Crippen molar-refractivity contribution in [2.24, 2.45) is 0 Å². The molecule has 0 fully saturated rings. The number of carbonyl (C=O) groups excluding carboxylic acids is 2. The number of hydrogen-bond donors (Lipinski definition) is 1. The van der Waals surface area contributed by atoms with Crippen molar-refractivity contribution in [2.45, 2.75) is 52.5 Å². The fourth-order valence-electron chi connectivity index (χ4n) is 1.22. The van der Waals surface area contributed by atoms with Gasteiger partial charge in [0.05, 0.1) is 6.04 Å². The lowest BCUT2D eigenvalue weighted by Crippen LogP contribution is -2.38. The smallest absolute Gasteiger partial charge is 0.217 e. The highest BCUT2D eigenvalue weighted by atomic mass is 16.2. The van der Waals surface area contributed by atoms with Gasteiger partial charge in [-0.05, 0) is 13.3 Å². The Kier molecular flexibility index (Phi) is 6.20. The summed E-state index contributed by atoms with van der Waals surface area (Å²) in [4.78, 5) is 21.8. The van der Waals surface area contributed by atoms with E-state index in [1.54, 1.807) is 0 Å². The van der Waals surface area contributed by atoms with Gasteiger partial charge in [0.15, 0.2) is 5.78 Å². The predicted octanol–water partition coefficient (Wildman–Crippen LogP) is 1.66. The van der Waals surface area contributed by atoms with Crippen LogP contribution < -0.4 is 5.32 Å². The molecule has 0 radical (unpaired) electrons. The average Bonchev–Trinajstić information content (AvgIpc) is 2.02. The molecule has 13 heavy (non-hydrogen) atoms. The van der Waals surface area contributed by atoms with Crippen molar-refractivity contribution in [3.05, 3.63) is 0 Å². The van der Waals surface area contributed by atoms with Gasteiger partial charge in [0.25, 0.3) is 0 Å². The summed E-state index contributed by atoms with van der Waals surface area (Å²) in [5, 5.41) is 2.65. The second kappa shape index (κ2) is 6.63. The first-order valence-corrected chi connectivity index (χ1v) is 4.85. The Hall–Kier alpha value is -0.860. The molecule has 0 aliphatic rings. The third kappa shape index (κ3) is 6.31. The number of Topliss-reactive ketones (excluding diaryl/α,β-unsaturated/α-hetero) is 1. The van der Waals surface area contributed by atoms with Gasteiger partial charge < -0.3 is 5.32 Å². The number of hydrogen-bond acceptors (Lipinski definition) is 2. The number of amides is 1. The summed E-state index contributed by atoms with van der Waals surface area (Å²) in [6.45, 7) is 5.07. The van der Waals surface area contributed by atoms with E-state index in [1.165, 1.54) is 13.8 Å². The van der Waals surface area contributed by atoms with Gasteiger partial charge in [-0.25, -0.2) is 0 Å². The van der Waals surface area contributed by atoms with E-state index in [-0.39, 0.29) is 17.7 Å². The molecule has 1 unspecified atom stereocenters. The number of unbranched alkanes of at least 4 members (excludes halogenated alkanes) is 2. The summed E-state index contributed by atoms with van der Waals surface area (Å²) in [6, 6.07) is -0.274. The van der Waals surface area contributed by atoms with Crippen molar-refractivity contribution >= 4 is 11.7 Å². The van der Waals surface area contributed by atoms with E-state index in [1.807, 2.05) is 0 Å². The molecule has 3 heteroatoms. The summed E-state index contributed by atoms with van der Waals surface area (Å²) in [5.41, 5.74) is 0. The Bertz CT molecular complexity index is 178. The Morgan fingerprint density at radius 1 is 1.23 bits per heavy atom. The molecule has 3 nitrogen and oxygen atoms in total. The van der Waals surface area contributed by atoms with E-state index in [2.05, 4.69) is 12.2 Å². The lowest BCUT2D eigenvalue weighted by atomic mass is 10.1. The van der Waals surface area contributed by atoms with Gasteiger partial charge in [0, 0.05) is 6.92 Å². The second-order valence-corrected chi connectivity index (χ2v) is 3.36. The first-order valence-electron chi connectivity index (χ1n) is 4.85. The van der Waals surface area contributed by atoms with Gasteiger partial charge in [0.1, 0.15) is 0 Å². The van der Waals surface area contributed by atoms with Crippen molar-refractivity contribution in [1.29, 1.82) is 0 Å². The van der Waals surface area contributed by atoms with Crippen molar-refractivity contribution in [3.63, 3.8) is 0 Å². The standard InChI is InChI=1S/C10H19NO2/c1-4-5-6-7-10(8(2)12)11-9(3)13/h10H,4-7H2,1-3H3,(H,11,13). The Labute approximate surface area is 79.9 Å². The van der Waals surface area contributed by atoms with Crippen LogP contribution in [-0.4, -0.2) is 17.7 Å². The number of ketones is 1. The zero-order chi connectivity index (χ0) is 10.3. The minimum absolute atomic E-state index is 0.0475. The molecule has 0 bridgehead atoms. The first-order chi connectivity index (χ1) is 6.07. The highest BCUT2D eigenvalue weighted by molar-refractivity contribution is 5.86. The van der Waals surface area contributed by atoms with Crippen LogP contribution in [-0.2, 0) is 9.59 Å². The molecular weight excluding hydrogens is 166 g/mol.